The number of nitrogens with two attached hydrogens (primary N) is 1. The number of nitrogens with zero attached hydrogens (tertiary/aromatic N) is 1. The Morgan fingerprint density at radius 1 is 1.50 bits per heavy atom. The number of ether oxygens (including phenoxy) is 2. The highest BCUT2D eigenvalue weighted by Gasteiger charge is 2.14. The van der Waals surface area contributed by atoms with E-state index in [2.05, 4.69) is 18.0 Å². The fraction of sp³-hybridized carbons (Fsp3) is 0.588. The van der Waals surface area contributed by atoms with Gasteiger partial charge in [-0.3, -0.25) is 4.79 Å². The lowest BCUT2D eigenvalue weighted by Gasteiger charge is -2.18. The van der Waals surface area contributed by atoms with E-state index in [-0.39, 0.29) is 6.61 Å². The smallest absolute Gasteiger partial charge is 0.255 e. The van der Waals surface area contributed by atoms with E-state index in [1.165, 1.54) is 18.4 Å². The fourth-order valence-electron chi connectivity index (χ4n) is 2.74. The minimum atomic E-state index is -0.461. The third kappa shape index (κ3) is 6.03. The first-order chi connectivity index (χ1) is 10.6. The molecule has 2 rings (SSSR count). The number of rotatable bonds is 9. The van der Waals surface area contributed by atoms with Crippen LogP contribution < -0.4 is 10.5 Å². The van der Waals surface area contributed by atoms with Crippen molar-refractivity contribution in [2.75, 3.05) is 26.8 Å². The van der Waals surface area contributed by atoms with Gasteiger partial charge in [0.1, 0.15) is 5.75 Å². The minimum Gasteiger partial charge on any atom is -0.484 e. The van der Waals surface area contributed by atoms with Crippen molar-refractivity contribution in [1.29, 1.82) is 0 Å². The molecule has 0 saturated carbocycles. The van der Waals surface area contributed by atoms with Gasteiger partial charge < -0.3 is 20.1 Å². The van der Waals surface area contributed by atoms with E-state index in [0.717, 1.165) is 32.5 Å². The predicted molar refractivity (Wildman–Crippen MR) is 85.7 cm³/mol. The number of carbonyl (C=O) groups is 1. The third-order valence-electron chi connectivity index (χ3n) is 3.82. The van der Waals surface area contributed by atoms with Gasteiger partial charge in [0, 0.05) is 13.2 Å². The van der Waals surface area contributed by atoms with Crippen LogP contribution in [0.4, 0.5) is 0 Å². The average Bonchev–Trinajstić information content (AvgIpc) is 2.99. The number of primary amides is 1. The quantitative estimate of drug-likeness (QED) is 0.757. The van der Waals surface area contributed by atoms with Gasteiger partial charge in [0.25, 0.3) is 5.91 Å². The Morgan fingerprint density at radius 3 is 3.09 bits per heavy atom. The Balaban J connectivity index is 1.71. The van der Waals surface area contributed by atoms with Crippen molar-refractivity contribution in [3.05, 3.63) is 29.8 Å². The molecule has 0 aromatic heterocycles. The molecule has 1 unspecified atom stereocenters. The molecule has 1 amide bonds. The molecule has 1 aromatic carbocycles. The van der Waals surface area contributed by atoms with E-state index in [4.69, 9.17) is 15.2 Å². The van der Waals surface area contributed by atoms with E-state index >= 15 is 0 Å². The van der Waals surface area contributed by atoms with E-state index in [9.17, 15) is 4.79 Å². The van der Waals surface area contributed by atoms with Gasteiger partial charge in [0.2, 0.25) is 0 Å². The summed E-state index contributed by atoms with van der Waals surface area (Å²) in [7, 11) is 2.12. The summed E-state index contributed by atoms with van der Waals surface area (Å²) in [6.45, 7) is 2.75. The maximum atomic E-state index is 10.7. The van der Waals surface area contributed by atoms with E-state index in [1.54, 1.807) is 0 Å². The summed E-state index contributed by atoms with van der Waals surface area (Å²) in [5, 5.41) is 0. The largest absolute Gasteiger partial charge is 0.484 e. The molecular formula is C17H26N2O3. The molecule has 122 valence electrons. The zero-order valence-electron chi connectivity index (χ0n) is 13.3. The second kappa shape index (κ2) is 8.76. The number of benzene rings is 1. The van der Waals surface area contributed by atoms with Crippen LogP contribution in [0.5, 0.6) is 5.75 Å². The van der Waals surface area contributed by atoms with E-state index < -0.39 is 5.91 Å². The van der Waals surface area contributed by atoms with Crippen molar-refractivity contribution in [1.82, 2.24) is 4.90 Å². The molecule has 22 heavy (non-hydrogen) atoms. The van der Waals surface area contributed by atoms with Crippen LogP contribution in [0.2, 0.25) is 0 Å². The third-order valence-corrected chi connectivity index (χ3v) is 3.82. The molecular weight excluding hydrogens is 280 g/mol. The maximum absolute atomic E-state index is 10.7. The molecule has 0 aliphatic carbocycles. The molecule has 0 radical (unpaired) electrons. The van der Waals surface area contributed by atoms with Crippen LogP contribution >= 0.6 is 0 Å². The zero-order chi connectivity index (χ0) is 15.8. The molecule has 5 nitrogen and oxygen atoms in total. The molecule has 1 aromatic rings. The van der Waals surface area contributed by atoms with Crippen molar-refractivity contribution in [3.63, 3.8) is 0 Å². The maximum Gasteiger partial charge on any atom is 0.255 e. The number of hydrogen-bond donors (Lipinski definition) is 1. The highest BCUT2D eigenvalue weighted by Crippen LogP contribution is 2.18. The molecule has 2 N–H and O–H groups in total. The lowest BCUT2D eigenvalue weighted by atomic mass is 10.1. The van der Waals surface area contributed by atoms with Gasteiger partial charge in [-0.2, -0.15) is 0 Å². The normalized spacial score (nSPS) is 17.8. The van der Waals surface area contributed by atoms with Gasteiger partial charge in [-0.1, -0.05) is 12.1 Å². The van der Waals surface area contributed by atoms with E-state index in [1.807, 2.05) is 18.2 Å². The van der Waals surface area contributed by atoms with Crippen LogP contribution in [-0.2, 0) is 16.1 Å². The van der Waals surface area contributed by atoms with Gasteiger partial charge in [0.05, 0.1) is 6.10 Å². The van der Waals surface area contributed by atoms with Crippen molar-refractivity contribution in [2.45, 2.75) is 38.3 Å². The van der Waals surface area contributed by atoms with Crippen LogP contribution in [-0.4, -0.2) is 43.7 Å². The standard InChI is InChI=1S/C17H26N2O3/c1-19(9-3-7-15-8-4-10-21-15)12-14-5-2-6-16(11-14)22-13-17(18)20/h2,5-6,11,15H,3-4,7-10,12-13H2,1H3,(H2,18,20). The summed E-state index contributed by atoms with van der Waals surface area (Å²) in [5.41, 5.74) is 6.25. The van der Waals surface area contributed by atoms with Gasteiger partial charge in [-0.05, 0) is 57.0 Å². The molecule has 1 fully saturated rings. The zero-order valence-corrected chi connectivity index (χ0v) is 13.3. The lowest BCUT2D eigenvalue weighted by Crippen LogP contribution is -2.21. The topological polar surface area (TPSA) is 64.8 Å². The molecule has 0 spiro atoms. The Bertz CT molecular complexity index is 473. The molecule has 1 atom stereocenters. The SMILES string of the molecule is CN(CCCC1CCCO1)Cc1cccc(OCC(N)=O)c1. The van der Waals surface area contributed by atoms with Crippen LogP contribution in [0.3, 0.4) is 0 Å². The number of hydrogen-bond acceptors (Lipinski definition) is 4. The van der Waals surface area contributed by atoms with Crippen LogP contribution in [0.15, 0.2) is 24.3 Å². The fourth-order valence-corrected chi connectivity index (χ4v) is 2.74. The van der Waals surface area contributed by atoms with Crippen LogP contribution in [0.25, 0.3) is 0 Å². The summed E-state index contributed by atoms with van der Waals surface area (Å²) in [5.74, 6) is 0.223. The molecule has 1 aliphatic heterocycles. The summed E-state index contributed by atoms with van der Waals surface area (Å²) < 4.78 is 11.0. The molecule has 1 saturated heterocycles. The highest BCUT2D eigenvalue weighted by molar-refractivity contribution is 5.75. The molecule has 0 bridgehead atoms. The van der Waals surface area contributed by atoms with Crippen LogP contribution in [0, 0.1) is 0 Å². The first-order valence-corrected chi connectivity index (χ1v) is 7.93. The second-order valence-corrected chi connectivity index (χ2v) is 5.92. The Hall–Kier alpha value is -1.59. The van der Waals surface area contributed by atoms with Gasteiger partial charge >= 0.3 is 0 Å². The first-order valence-electron chi connectivity index (χ1n) is 7.93. The highest BCUT2D eigenvalue weighted by atomic mass is 16.5. The number of amides is 1. The van der Waals surface area contributed by atoms with E-state index in [0.29, 0.717) is 11.9 Å². The Kier molecular flexibility index (Phi) is 6.68. The van der Waals surface area contributed by atoms with Gasteiger partial charge in [-0.25, -0.2) is 0 Å². The first kappa shape index (κ1) is 16.8. The predicted octanol–water partition coefficient (Wildman–Crippen LogP) is 1.94. The van der Waals surface area contributed by atoms with Crippen molar-refractivity contribution in [3.8, 4) is 5.75 Å². The average molecular weight is 306 g/mol. The lowest BCUT2D eigenvalue weighted by molar-refractivity contribution is -0.119. The van der Waals surface area contributed by atoms with Crippen molar-refractivity contribution in [2.24, 2.45) is 5.73 Å². The van der Waals surface area contributed by atoms with Crippen molar-refractivity contribution < 1.29 is 14.3 Å². The molecule has 1 heterocycles. The Labute approximate surface area is 132 Å². The molecule has 1 aliphatic rings. The minimum absolute atomic E-state index is 0.0827. The summed E-state index contributed by atoms with van der Waals surface area (Å²) >= 11 is 0. The van der Waals surface area contributed by atoms with Gasteiger partial charge in [0.15, 0.2) is 6.61 Å². The summed E-state index contributed by atoms with van der Waals surface area (Å²) in [4.78, 5) is 13.0. The Morgan fingerprint density at radius 2 is 2.36 bits per heavy atom. The van der Waals surface area contributed by atoms with Crippen molar-refractivity contribution >= 4 is 5.91 Å². The number of carbonyl (C=O) groups excluding carboxylic acids is 1. The second-order valence-electron chi connectivity index (χ2n) is 5.92. The van der Waals surface area contributed by atoms with Gasteiger partial charge in [-0.15, -0.1) is 0 Å². The van der Waals surface area contributed by atoms with Crippen LogP contribution in [0.1, 0.15) is 31.2 Å². The monoisotopic (exact) mass is 306 g/mol. The summed E-state index contributed by atoms with van der Waals surface area (Å²) in [6.07, 6.45) is 5.19. The summed E-state index contributed by atoms with van der Waals surface area (Å²) in [6, 6.07) is 7.79. The molecule has 5 heteroatoms.